The molecule has 0 amide bonds. The standard InChI is InChI=1S/C15H19N3/c1-4-7-16-15-17-9-13(10-18-15)14-6-5-11(2)8-12(14)3/h5-6,8-10H,4,7H2,1-3H3,(H,16,17,18). The first-order chi connectivity index (χ1) is 8.70. The Kier molecular flexibility index (Phi) is 3.92. The summed E-state index contributed by atoms with van der Waals surface area (Å²) in [5.41, 5.74) is 4.79. The van der Waals surface area contributed by atoms with Crippen molar-refractivity contribution in [1.29, 1.82) is 0 Å². The fourth-order valence-corrected chi connectivity index (χ4v) is 1.93. The zero-order valence-electron chi connectivity index (χ0n) is 11.2. The second-order valence-corrected chi connectivity index (χ2v) is 4.54. The van der Waals surface area contributed by atoms with Crippen molar-refractivity contribution >= 4 is 5.95 Å². The summed E-state index contributed by atoms with van der Waals surface area (Å²) >= 11 is 0. The number of hydrogen-bond donors (Lipinski definition) is 1. The van der Waals surface area contributed by atoms with Crippen molar-refractivity contribution in [2.75, 3.05) is 11.9 Å². The van der Waals surface area contributed by atoms with Crippen molar-refractivity contribution in [1.82, 2.24) is 9.97 Å². The normalized spacial score (nSPS) is 10.4. The van der Waals surface area contributed by atoms with E-state index in [-0.39, 0.29) is 0 Å². The lowest BCUT2D eigenvalue weighted by Gasteiger charge is -2.07. The Morgan fingerprint density at radius 3 is 2.44 bits per heavy atom. The lowest BCUT2D eigenvalue weighted by Crippen LogP contribution is -2.03. The van der Waals surface area contributed by atoms with Crippen molar-refractivity contribution in [3.8, 4) is 11.1 Å². The number of rotatable bonds is 4. The van der Waals surface area contributed by atoms with Crippen LogP contribution in [-0.4, -0.2) is 16.5 Å². The molecule has 0 atom stereocenters. The van der Waals surface area contributed by atoms with Gasteiger partial charge in [-0.05, 0) is 31.4 Å². The number of nitrogens with one attached hydrogen (secondary N) is 1. The molecule has 1 aromatic carbocycles. The SMILES string of the molecule is CCCNc1ncc(-c2ccc(C)cc2C)cn1. The Morgan fingerprint density at radius 2 is 1.83 bits per heavy atom. The summed E-state index contributed by atoms with van der Waals surface area (Å²) in [6.07, 6.45) is 4.83. The highest BCUT2D eigenvalue weighted by molar-refractivity contribution is 5.66. The molecule has 2 aromatic rings. The maximum absolute atomic E-state index is 4.33. The summed E-state index contributed by atoms with van der Waals surface area (Å²) in [6, 6.07) is 6.42. The predicted molar refractivity (Wildman–Crippen MR) is 75.7 cm³/mol. The second-order valence-electron chi connectivity index (χ2n) is 4.54. The maximum Gasteiger partial charge on any atom is 0.222 e. The van der Waals surface area contributed by atoms with Gasteiger partial charge in [0, 0.05) is 24.5 Å². The number of aryl methyl sites for hydroxylation is 2. The average molecular weight is 241 g/mol. The molecule has 1 aromatic heterocycles. The third-order valence-corrected chi connectivity index (χ3v) is 2.88. The van der Waals surface area contributed by atoms with Gasteiger partial charge in [-0.1, -0.05) is 30.7 Å². The van der Waals surface area contributed by atoms with Gasteiger partial charge in [-0.2, -0.15) is 0 Å². The van der Waals surface area contributed by atoms with Gasteiger partial charge in [0.25, 0.3) is 0 Å². The highest BCUT2D eigenvalue weighted by Gasteiger charge is 2.03. The number of anilines is 1. The fraction of sp³-hybridized carbons (Fsp3) is 0.333. The summed E-state index contributed by atoms with van der Waals surface area (Å²) in [5.74, 6) is 0.699. The molecule has 0 unspecified atom stereocenters. The second kappa shape index (κ2) is 5.63. The van der Waals surface area contributed by atoms with Crippen LogP contribution >= 0.6 is 0 Å². The van der Waals surface area contributed by atoms with Crippen LogP contribution in [0.4, 0.5) is 5.95 Å². The monoisotopic (exact) mass is 241 g/mol. The first kappa shape index (κ1) is 12.6. The summed E-state index contributed by atoms with van der Waals surface area (Å²) in [7, 11) is 0. The van der Waals surface area contributed by atoms with Gasteiger partial charge in [0.2, 0.25) is 5.95 Å². The van der Waals surface area contributed by atoms with Crippen LogP contribution in [0.15, 0.2) is 30.6 Å². The molecule has 0 bridgehead atoms. The molecule has 0 fully saturated rings. The van der Waals surface area contributed by atoms with Gasteiger partial charge < -0.3 is 5.32 Å². The zero-order valence-corrected chi connectivity index (χ0v) is 11.2. The molecule has 94 valence electrons. The van der Waals surface area contributed by atoms with Crippen molar-refractivity contribution in [2.45, 2.75) is 27.2 Å². The molecule has 3 nitrogen and oxygen atoms in total. The van der Waals surface area contributed by atoms with E-state index in [1.807, 2.05) is 12.4 Å². The van der Waals surface area contributed by atoms with Crippen molar-refractivity contribution in [3.05, 3.63) is 41.7 Å². The Bertz CT molecular complexity index is 518. The van der Waals surface area contributed by atoms with Gasteiger partial charge >= 0.3 is 0 Å². The molecule has 1 heterocycles. The quantitative estimate of drug-likeness (QED) is 0.889. The maximum atomic E-state index is 4.33. The van der Waals surface area contributed by atoms with Crippen LogP contribution in [0.5, 0.6) is 0 Å². The fourth-order valence-electron chi connectivity index (χ4n) is 1.93. The minimum absolute atomic E-state index is 0.699. The molecule has 0 saturated carbocycles. The Balaban J connectivity index is 2.23. The zero-order chi connectivity index (χ0) is 13.0. The average Bonchev–Trinajstić information content (AvgIpc) is 2.37. The van der Waals surface area contributed by atoms with Crippen LogP contribution in [0.2, 0.25) is 0 Å². The molecule has 2 rings (SSSR count). The smallest absolute Gasteiger partial charge is 0.222 e. The highest BCUT2D eigenvalue weighted by atomic mass is 15.1. The molecular formula is C15H19N3. The molecule has 3 heteroatoms. The van der Waals surface area contributed by atoms with E-state index >= 15 is 0 Å². The summed E-state index contributed by atoms with van der Waals surface area (Å²) < 4.78 is 0. The summed E-state index contributed by atoms with van der Waals surface area (Å²) in [6.45, 7) is 7.25. The van der Waals surface area contributed by atoms with Crippen LogP contribution < -0.4 is 5.32 Å². The topological polar surface area (TPSA) is 37.8 Å². The lowest BCUT2D eigenvalue weighted by atomic mass is 10.0. The predicted octanol–water partition coefficient (Wildman–Crippen LogP) is 3.58. The number of benzene rings is 1. The van der Waals surface area contributed by atoms with E-state index in [0.29, 0.717) is 5.95 Å². The molecule has 0 spiro atoms. The van der Waals surface area contributed by atoms with Crippen molar-refractivity contribution < 1.29 is 0 Å². The highest BCUT2D eigenvalue weighted by Crippen LogP contribution is 2.23. The van der Waals surface area contributed by atoms with E-state index in [1.54, 1.807) is 0 Å². The first-order valence-electron chi connectivity index (χ1n) is 6.34. The van der Waals surface area contributed by atoms with Gasteiger partial charge in [-0.15, -0.1) is 0 Å². The van der Waals surface area contributed by atoms with Crippen LogP contribution in [0, 0.1) is 13.8 Å². The third-order valence-electron chi connectivity index (χ3n) is 2.88. The summed E-state index contributed by atoms with van der Waals surface area (Å²) in [5, 5.41) is 3.17. The van der Waals surface area contributed by atoms with Crippen molar-refractivity contribution in [3.63, 3.8) is 0 Å². The Labute approximate surface area is 108 Å². The lowest BCUT2D eigenvalue weighted by molar-refractivity contribution is 0.952. The minimum atomic E-state index is 0.699. The van der Waals surface area contributed by atoms with Gasteiger partial charge in [0.05, 0.1) is 0 Å². The number of hydrogen-bond acceptors (Lipinski definition) is 3. The van der Waals surface area contributed by atoms with Crippen LogP contribution in [0.25, 0.3) is 11.1 Å². The summed E-state index contributed by atoms with van der Waals surface area (Å²) in [4.78, 5) is 8.67. The molecule has 0 saturated heterocycles. The minimum Gasteiger partial charge on any atom is -0.354 e. The molecular weight excluding hydrogens is 222 g/mol. The van der Waals surface area contributed by atoms with Gasteiger partial charge in [-0.3, -0.25) is 0 Å². The van der Waals surface area contributed by atoms with E-state index in [2.05, 4.69) is 54.3 Å². The van der Waals surface area contributed by atoms with Crippen molar-refractivity contribution in [2.24, 2.45) is 0 Å². The third kappa shape index (κ3) is 2.86. The molecule has 0 aliphatic carbocycles. The van der Waals surface area contributed by atoms with E-state index in [9.17, 15) is 0 Å². The van der Waals surface area contributed by atoms with E-state index < -0.39 is 0 Å². The van der Waals surface area contributed by atoms with E-state index in [0.717, 1.165) is 18.5 Å². The van der Waals surface area contributed by atoms with Crippen LogP contribution in [-0.2, 0) is 0 Å². The molecule has 0 aliphatic heterocycles. The Hall–Kier alpha value is -1.90. The first-order valence-corrected chi connectivity index (χ1v) is 6.34. The molecule has 0 radical (unpaired) electrons. The van der Waals surface area contributed by atoms with Gasteiger partial charge in [0.1, 0.15) is 0 Å². The number of nitrogens with zero attached hydrogens (tertiary/aromatic N) is 2. The van der Waals surface area contributed by atoms with E-state index in [4.69, 9.17) is 0 Å². The van der Waals surface area contributed by atoms with Crippen LogP contribution in [0.3, 0.4) is 0 Å². The van der Waals surface area contributed by atoms with Crippen LogP contribution in [0.1, 0.15) is 24.5 Å². The Morgan fingerprint density at radius 1 is 1.11 bits per heavy atom. The molecule has 1 N–H and O–H groups in total. The largest absolute Gasteiger partial charge is 0.354 e. The van der Waals surface area contributed by atoms with Gasteiger partial charge in [0.15, 0.2) is 0 Å². The molecule has 18 heavy (non-hydrogen) atoms. The van der Waals surface area contributed by atoms with Gasteiger partial charge in [-0.25, -0.2) is 9.97 Å². The van der Waals surface area contributed by atoms with E-state index in [1.165, 1.54) is 16.7 Å². The number of aromatic nitrogens is 2. The molecule has 0 aliphatic rings.